The summed E-state index contributed by atoms with van der Waals surface area (Å²) in [6, 6.07) is 14.5. The van der Waals surface area contributed by atoms with Crippen molar-refractivity contribution in [3.63, 3.8) is 0 Å². The highest BCUT2D eigenvalue weighted by atomic mass is 16.5. The molecule has 3 heteroatoms. The maximum absolute atomic E-state index is 6.14. The fraction of sp³-hybridized carbons (Fsp3) is 0.500. The molecular formula is C24H30N2O. The molecule has 2 heterocycles. The largest absolute Gasteiger partial charge is 0.493 e. The Labute approximate surface area is 162 Å². The predicted molar refractivity (Wildman–Crippen MR) is 109 cm³/mol. The van der Waals surface area contributed by atoms with Crippen molar-refractivity contribution in [3.8, 4) is 5.75 Å². The molecule has 2 atom stereocenters. The van der Waals surface area contributed by atoms with Crippen molar-refractivity contribution in [2.24, 2.45) is 0 Å². The lowest BCUT2D eigenvalue weighted by Crippen LogP contribution is -2.38. The first-order valence-corrected chi connectivity index (χ1v) is 10.7. The maximum Gasteiger partial charge on any atom is 0.124 e. The van der Waals surface area contributed by atoms with Crippen LogP contribution in [0.3, 0.4) is 0 Å². The number of ether oxygens (including phenoxy) is 1. The minimum atomic E-state index is 0.394. The fourth-order valence-electron chi connectivity index (χ4n) is 5.05. The molecule has 0 radical (unpaired) electrons. The number of aryl methyl sites for hydroxylation is 2. The molecule has 1 aliphatic carbocycles. The van der Waals surface area contributed by atoms with Crippen molar-refractivity contribution in [1.82, 2.24) is 10.6 Å². The molecule has 0 fully saturated rings. The van der Waals surface area contributed by atoms with Gasteiger partial charge in [-0.2, -0.15) is 0 Å². The molecule has 3 nitrogen and oxygen atoms in total. The van der Waals surface area contributed by atoms with Crippen molar-refractivity contribution in [1.29, 1.82) is 0 Å². The maximum atomic E-state index is 6.14. The zero-order valence-corrected chi connectivity index (χ0v) is 16.1. The van der Waals surface area contributed by atoms with Crippen LogP contribution >= 0.6 is 0 Å². The van der Waals surface area contributed by atoms with E-state index in [1.165, 1.54) is 47.9 Å². The van der Waals surface area contributed by atoms with Crippen molar-refractivity contribution in [2.75, 3.05) is 19.7 Å². The standard InChI is InChI=1S/C24H30N2O/c1-2-8-19-15-24-21(14-18(19)7-1)22(10-5-13-27-24)26-16-23-20-9-4-3-6-17(20)11-12-25-23/h3-4,6,9,14-15,22-23,25-26H,1-2,5,7-8,10-13,16H2. The summed E-state index contributed by atoms with van der Waals surface area (Å²) in [5.41, 5.74) is 7.42. The third-order valence-corrected chi connectivity index (χ3v) is 6.53. The number of fused-ring (bicyclic) bond motifs is 3. The quantitative estimate of drug-likeness (QED) is 0.856. The van der Waals surface area contributed by atoms with Crippen LogP contribution in [0.1, 0.15) is 65.6 Å². The molecule has 2 aromatic carbocycles. The number of benzene rings is 2. The molecule has 0 bridgehead atoms. The Kier molecular flexibility index (Phi) is 4.89. The molecule has 27 heavy (non-hydrogen) atoms. The second-order valence-electron chi connectivity index (χ2n) is 8.27. The van der Waals surface area contributed by atoms with Crippen LogP contribution in [0.15, 0.2) is 36.4 Å². The highest BCUT2D eigenvalue weighted by molar-refractivity contribution is 5.46. The Hall–Kier alpha value is -1.84. The molecule has 5 rings (SSSR count). The molecule has 0 saturated carbocycles. The second kappa shape index (κ2) is 7.65. The van der Waals surface area contributed by atoms with Gasteiger partial charge in [-0.05, 0) is 79.8 Å². The van der Waals surface area contributed by atoms with Crippen LogP contribution in [0.5, 0.6) is 5.75 Å². The van der Waals surface area contributed by atoms with Gasteiger partial charge in [-0.3, -0.25) is 0 Å². The average molecular weight is 363 g/mol. The minimum Gasteiger partial charge on any atom is -0.493 e. The molecule has 3 aliphatic rings. The number of hydrogen-bond donors (Lipinski definition) is 2. The van der Waals surface area contributed by atoms with Gasteiger partial charge in [-0.1, -0.05) is 30.3 Å². The van der Waals surface area contributed by atoms with Crippen LogP contribution in [-0.2, 0) is 19.3 Å². The van der Waals surface area contributed by atoms with Crippen LogP contribution < -0.4 is 15.4 Å². The van der Waals surface area contributed by atoms with Gasteiger partial charge >= 0.3 is 0 Å². The van der Waals surface area contributed by atoms with Gasteiger partial charge in [0.25, 0.3) is 0 Å². The van der Waals surface area contributed by atoms with E-state index in [0.717, 1.165) is 44.7 Å². The summed E-state index contributed by atoms with van der Waals surface area (Å²) in [5, 5.41) is 7.60. The molecule has 0 aromatic heterocycles. The molecule has 142 valence electrons. The van der Waals surface area contributed by atoms with Gasteiger partial charge in [0, 0.05) is 24.2 Å². The minimum absolute atomic E-state index is 0.394. The van der Waals surface area contributed by atoms with Crippen LogP contribution in [0.4, 0.5) is 0 Å². The SMILES string of the molecule is c1ccc2c(c1)CCNC2CNC1CCCOc2cc3c(cc21)CCCC3. The summed E-state index contributed by atoms with van der Waals surface area (Å²) in [7, 11) is 0. The second-order valence-corrected chi connectivity index (χ2v) is 8.27. The lowest BCUT2D eigenvalue weighted by molar-refractivity contribution is 0.314. The summed E-state index contributed by atoms with van der Waals surface area (Å²) in [5.74, 6) is 1.13. The van der Waals surface area contributed by atoms with Crippen molar-refractivity contribution in [3.05, 3.63) is 64.2 Å². The number of nitrogens with one attached hydrogen (secondary N) is 2. The highest BCUT2D eigenvalue weighted by Gasteiger charge is 2.25. The molecule has 2 N–H and O–H groups in total. The van der Waals surface area contributed by atoms with Gasteiger partial charge in [-0.25, -0.2) is 0 Å². The summed E-state index contributed by atoms with van der Waals surface area (Å²) < 4.78 is 6.14. The van der Waals surface area contributed by atoms with Gasteiger partial charge in [0.2, 0.25) is 0 Å². The van der Waals surface area contributed by atoms with E-state index >= 15 is 0 Å². The Morgan fingerprint density at radius 1 is 0.926 bits per heavy atom. The smallest absolute Gasteiger partial charge is 0.124 e. The molecule has 0 saturated heterocycles. The highest BCUT2D eigenvalue weighted by Crippen LogP contribution is 2.36. The lowest BCUT2D eigenvalue weighted by Gasteiger charge is -2.29. The molecular weight excluding hydrogens is 332 g/mol. The van der Waals surface area contributed by atoms with E-state index in [4.69, 9.17) is 4.74 Å². The van der Waals surface area contributed by atoms with Crippen molar-refractivity contribution < 1.29 is 4.74 Å². The first-order chi connectivity index (χ1) is 13.4. The monoisotopic (exact) mass is 362 g/mol. The lowest BCUT2D eigenvalue weighted by atomic mass is 9.88. The Bertz CT molecular complexity index is 816. The first-order valence-electron chi connectivity index (χ1n) is 10.7. The van der Waals surface area contributed by atoms with Gasteiger partial charge < -0.3 is 15.4 Å². The molecule has 2 aromatic rings. The fourth-order valence-corrected chi connectivity index (χ4v) is 5.05. The van der Waals surface area contributed by atoms with Crippen LogP contribution in [-0.4, -0.2) is 19.7 Å². The van der Waals surface area contributed by atoms with Gasteiger partial charge in [0.05, 0.1) is 6.61 Å². The van der Waals surface area contributed by atoms with Crippen LogP contribution in [0.2, 0.25) is 0 Å². The number of rotatable bonds is 3. The zero-order valence-electron chi connectivity index (χ0n) is 16.1. The number of hydrogen-bond acceptors (Lipinski definition) is 3. The average Bonchev–Trinajstić information content (AvgIpc) is 2.92. The summed E-state index contributed by atoms with van der Waals surface area (Å²) in [6.07, 6.45) is 8.50. The summed E-state index contributed by atoms with van der Waals surface area (Å²) >= 11 is 0. The van der Waals surface area contributed by atoms with Gasteiger partial charge in [-0.15, -0.1) is 0 Å². The molecule has 0 spiro atoms. The van der Waals surface area contributed by atoms with Crippen molar-refractivity contribution >= 4 is 0 Å². The van der Waals surface area contributed by atoms with E-state index < -0.39 is 0 Å². The Morgan fingerprint density at radius 2 is 1.78 bits per heavy atom. The normalized spacial score (nSPS) is 24.1. The summed E-state index contributed by atoms with van der Waals surface area (Å²) in [6.45, 7) is 2.88. The van der Waals surface area contributed by atoms with E-state index in [-0.39, 0.29) is 0 Å². The van der Waals surface area contributed by atoms with Crippen LogP contribution in [0, 0.1) is 0 Å². The topological polar surface area (TPSA) is 33.3 Å². The van der Waals surface area contributed by atoms with Crippen LogP contribution in [0.25, 0.3) is 0 Å². The third-order valence-electron chi connectivity index (χ3n) is 6.53. The van der Waals surface area contributed by atoms with E-state index in [0.29, 0.717) is 12.1 Å². The van der Waals surface area contributed by atoms with E-state index in [1.807, 2.05) is 0 Å². The summed E-state index contributed by atoms with van der Waals surface area (Å²) in [4.78, 5) is 0. The molecule has 2 unspecified atom stereocenters. The molecule has 2 aliphatic heterocycles. The van der Waals surface area contributed by atoms with Gasteiger partial charge in [0.15, 0.2) is 0 Å². The van der Waals surface area contributed by atoms with E-state index in [1.54, 1.807) is 5.56 Å². The van der Waals surface area contributed by atoms with Gasteiger partial charge in [0.1, 0.15) is 5.75 Å². The zero-order chi connectivity index (χ0) is 18.1. The van der Waals surface area contributed by atoms with Crippen molar-refractivity contribution in [2.45, 2.75) is 57.0 Å². The predicted octanol–water partition coefficient (Wildman–Crippen LogP) is 4.26. The van der Waals surface area contributed by atoms with E-state index in [9.17, 15) is 0 Å². The molecule has 0 amide bonds. The Balaban J connectivity index is 1.37. The first kappa shape index (κ1) is 17.3. The van der Waals surface area contributed by atoms with E-state index in [2.05, 4.69) is 47.0 Å². The Morgan fingerprint density at radius 3 is 2.70 bits per heavy atom. The third kappa shape index (κ3) is 3.51.